The van der Waals surface area contributed by atoms with E-state index in [1.165, 1.54) is 12.1 Å². The molecule has 0 saturated heterocycles. The van der Waals surface area contributed by atoms with Crippen LogP contribution in [0.2, 0.25) is 0 Å². The van der Waals surface area contributed by atoms with E-state index in [-0.39, 0.29) is 29.6 Å². The monoisotopic (exact) mass is 233 g/mol. The summed E-state index contributed by atoms with van der Waals surface area (Å²) in [7, 11) is 0. The standard InChI is InChI=1S/C11H10N2O4/c14-6-5-13-10(15)8-4-2-1-3-7(8)9(12-13)11(16)17/h1-4,14H,5-6H2,(H,16,17)/p-1. The molecule has 6 heteroatoms. The van der Waals surface area contributed by atoms with Gasteiger partial charge in [-0.25, -0.2) is 4.68 Å². The third-order valence-electron chi connectivity index (χ3n) is 2.37. The number of carbonyl (C=O) groups excluding carboxylic acids is 1. The number of aliphatic hydroxyl groups excluding tert-OH is 1. The molecule has 1 aromatic carbocycles. The molecular formula is C11H9N2O4-. The first-order chi connectivity index (χ1) is 8.15. The Morgan fingerprint density at radius 1 is 1.35 bits per heavy atom. The Hall–Kier alpha value is -2.21. The van der Waals surface area contributed by atoms with Crippen molar-refractivity contribution in [2.45, 2.75) is 6.54 Å². The molecule has 0 spiro atoms. The average molecular weight is 233 g/mol. The second-order valence-electron chi connectivity index (χ2n) is 3.43. The predicted octanol–water partition coefficient (Wildman–Crippen LogP) is -1.25. The summed E-state index contributed by atoms with van der Waals surface area (Å²) in [6.07, 6.45) is 0. The number of aromatic nitrogens is 2. The second kappa shape index (κ2) is 4.34. The van der Waals surface area contributed by atoms with Crippen LogP contribution in [-0.2, 0) is 6.54 Å². The molecule has 0 aliphatic rings. The maximum atomic E-state index is 11.9. The zero-order valence-corrected chi connectivity index (χ0v) is 8.79. The highest BCUT2D eigenvalue weighted by Crippen LogP contribution is 2.12. The van der Waals surface area contributed by atoms with Crippen LogP contribution in [0.1, 0.15) is 10.5 Å². The van der Waals surface area contributed by atoms with Crippen LogP contribution in [0.25, 0.3) is 10.8 Å². The molecule has 1 aromatic heterocycles. The molecule has 0 amide bonds. The van der Waals surface area contributed by atoms with E-state index in [0.717, 1.165) is 4.68 Å². The average Bonchev–Trinajstić information content (AvgIpc) is 2.32. The first-order valence-corrected chi connectivity index (χ1v) is 4.97. The maximum absolute atomic E-state index is 11.9. The minimum atomic E-state index is -1.45. The number of carboxylic acids is 1. The summed E-state index contributed by atoms with van der Waals surface area (Å²) in [5.74, 6) is -1.45. The van der Waals surface area contributed by atoms with Crippen LogP contribution in [-0.4, -0.2) is 27.5 Å². The van der Waals surface area contributed by atoms with Gasteiger partial charge < -0.3 is 15.0 Å². The van der Waals surface area contributed by atoms with E-state index in [9.17, 15) is 14.7 Å². The number of carboxylic acid groups (broad SMARTS) is 1. The van der Waals surface area contributed by atoms with Crippen LogP contribution in [0.3, 0.4) is 0 Å². The van der Waals surface area contributed by atoms with Gasteiger partial charge in [0.05, 0.1) is 24.5 Å². The van der Waals surface area contributed by atoms with Crippen molar-refractivity contribution in [1.29, 1.82) is 0 Å². The van der Waals surface area contributed by atoms with Crippen LogP contribution in [0.15, 0.2) is 29.1 Å². The van der Waals surface area contributed by atoms with E-state index in [4.69, 9.17) is 5.11 Å². The van der Waals surface area contributed by atoms with Crippen LogP contribution < -0.4 is 10.7 Å². The summed E-state index contributed by atoms with van der Waals surface area (Å²) in [5, 5.41) is 23.9. The Labute approximate surface area is 95.7 Å². The van der Waals surface area contributed by atoms with E-state index in [1.807, 2.05) is 0 Å². The van der Waals surface area contributed by atoms with Gasteiger partial charge >= 0.3 is 0 Å². The van der Waals surface area contributed by atoms with Gasteiger partial charge in [0, 0.05) is 5.39 Å². The molecule has 0 unspecified atom stereocenters. The van der Waals surface area contributed by atoms with E-state index < -0.39 is 11.5 Å². The van der Waals surface area contributed by atoms with Gasteiger partial charge in [-0.3, -0.25) is 4.79 Å². The van der Waals surface area contributed by atoms with Crippen molar-refractivity contribution in [3.05, 3.63) is 40.3 Å². The fourth-order valence-electron chi connectivity index (χ4n) is 1.63. The molecule has 0 atom stereocenters. The van der Waals surface area contributed by atoms with Crippen molar-refractivity contribution in [2.75, 3.05) is 6.61 Å². The van der Waals surface area contributed by atoms with Crippen molar-refractivity contribution in [2.24, 2.45) is 0 Å². The lowest BCUT2D eigenvalue weighted by molar-refractivity contribution is -0.255. The number of aliphatic hydroxyl groups is 1. The minimum absolute atomic E-state index is 0.0516. The molecule has 88 valence electrons. The highest BCUT2D eigenvalue weighted by molar-refractivity contribution is 6.00. The lowest BCUT2D eigenvalue weighted by atomic mass is 10.1. The summed E-state index contributed by atoms with van der Waals surface area (Å²) in [6, 6.07) is 6.26. The largest absolute Gasteiger partial charge is 0.543 e. The third kappa shape index (κ3) is 1.90. The van der Waals surface area contributed by atoms with Crippen LogP contribution in [0, 0.1) is 0 Å². The number of hydrogen-bond acceptors (Lipinski definition) is 5. The lowest BCUT2D eigenvalue weighted by Crippen LogP contribution is -2.31. The third-order valence-corrected chi connectivity index (χ3v) is 2.37. The number of hydrogen-bond donors (Lipinski definition) is 1. The topological polar surface area (TPSA) is 95.2 Å². The van der Waals surface area contributed by atoms with Gasteiger partial charge in [-0.2, -0.15) is 5.10 Å². The predicted molar refractivity (Wildman–Crippen MR) is 57.4 cm³/mol. The zero-order valence-electron chi connectivity index (χ0n) is 8.79. The number of fused-ring (bicyclic) bond motifs is 1. The van der Waals surface area contributed by atoms with Gasteiger partial charge in [0.1, 0.15) is 5.69 Å². The van der Waals surface area contributed by atoms with Gasteiger partial charge in [0.25, 0.3) is 5.56 Å². The van der Waals surface area contributed by atoms with E-state index in [0.29, 0.717) is 0 Å². The molecule has 0 fully saturated rings. The molecule has 17 heavy (non-hydrogen) atoms. The van der Waals surface area contributed by atoms with Gasteiger partial charge in [0.2, 0.25) is 0 Å². The van der Waals surface area contributed by atoms with Crippen LogP contribution >= 0.6 is 0 Å². The quantitative estimate of drug-likeness (QED) is 0.714. The van der Waals surface area contributed by atoms with E-state index in [2.05, 4.69) is 5.10 Å². The Kier molecular flexibility index (Phi) is 2.88. The Balaban J connectivity index is 2.85. The van der Waals surface area contributed by atoms with E-state index in [1.54, 1.807) is 12.1 Å². The number of rotatable bonds is 3. The lowest BCUT2D eigenvalue weighted by Gasteiger charge is -2.10. The smallest absolute Gasteiger partial charge is 0.274 e. The van der Waals surface area contributed by atoms with Crippen LogP contribution in [0.4, 0.5) is 0 Å². The summed E-state index contributed by atoms with van der Waals surface area (Å²) < 4.78 is 0.924. The Morgan fingerprint density at radius 3 is 2.59 bits per heavy atom. The van der Waals surface area contributed by atoms with Crippen molar-refractivity contribution < 1.29 is 15.0 Å². The fraction of sp³-hybridized carbons (Fsp3) is 0.182. The molecule has 1 N–H and O–H groups in total. The minimum Gasteiger partial charge on any atom is -0.543 e. The molecular weight excluding hydrogens is 224 g/mol. The van der Waals surface area contributed by atoms with Crippen LogP contribution in [0.5, 0.6) is 0 Å². The van der Waals surface area contributed by atoms with E-state index >= 15 is 0 Å². The fourth-order valence-corrected chi connectivity index (χ4v) is 1.63. The van der Waals surface area contributed by atoms with Gasteiger partial charge in [-0.05, 0) is 6.07 Å². The molecule has 0 saturated carbocycles. The molecule has 1 heterocycles. The zero-order chi connectivity index (χ0) is 12.4. The SMILES string of the molecule is O=C([O-])c1nn(CCO)c(=O)c2ccccc12. The molecule has 0 aliphatic carbocycles. The normalized spacial score (nSPS) is 10.6. The molecule has 2 aromatic rings. The number of benzene rings is 1. The Bertz CT molecular complexity index is 633. The molecule has 6 nitrogen and oxygen atoms in total. The van der Waals surface area contributed by atoms with Gasteiger partial charge in [-0.1, -0.05) is 18.2 Å². The summed E-state index contributed by atoms with van der Waals surface area (Å²) in [6.45, 7) is -0.346. The summed E-state index contributed by atoms with van der Waals surface area (Å²) in [5.41, 5.74) is -0.728. The summed E-state index contributed by atoms with van der Waals surface area (Å²) >= 11 is 0. The number of aromatic carboxylic acids is 1. The number of carbonyl (C=O) groups is 1. The van der Waals surface area contributed by atoms with Crippen molar-refractivity contribution in [1.82, 2.24) is 9.78 Å². The molecule has 0 bridgehead atoms. The van der Waals surface area contributed by atoms with Gasteiger partial charge in [0.15, 0.2) is 0 Å². The molecule has 2 rings (SSSR count). The first-order valence-electron chi connectivity index (χ1n) is 4.97. The van der Waals surface area contributed by atoms with Crippen molar-refractivity contribution in [3.8, 4) is 0 Å². The Morgan fingerprint density at radius 2 is 2.00 bits per heavy atom. The molecule has 0 aliphatic heterocycles. The first kappa shape index (κ1) is 11.3. The number of nitrogens with zero attached hydrogens (tertiary/aromatic N) is 2. The summed E-state index contributed by atoms with van der Waals surface area (Å²) in [4.78, 5) is 22.8. The highest BCUT2D eigenvalue weighted by atomic mass is 16.4. The maximum Gasteiger partial charge on any atom is 0.274 e. The highest BCUT2D eigenvalue weighted by Gasteiger charge is 2.10. The van der Waals surface area contributed by atoms with Crippen molar-refractivity contribution in [3.63, 3.8) is 0 Å². The second-order valence-corrected chi connectivity index (χ2v) is 3.43. The van der Waals surface area contributed by atoms with Gasteiger partial charge in [-0.15, -0.1) is 0 Å². The van der Waals surface area contributed by atoms with Crippen molar-refractivity contribution >= 4 is 16.7 Å². The molecule has 0 radical (unpaired) electrons.